The first kappa shape index (κ1) is 13.4. The van der Waals surface area contributed by atoms with Gasteiger partial charge in [0.15, 0.2) is 5.16 Å². The Morgan fingerprint density at radius 2 is 2.28 bits per heavy atom. The van der Waals surface area contributed by atoms with Crippen LogP contribution in [0.3, 0.4) is 0 Å². The van der Waals surface area contributed by atoms with E-state index in [0.717, 1.165) is 15.8 Å². The highest BCUT2D eigenvalue weighted by Gasteiger charge is 2.11. The largest absolute Gasteiger partial charge is 0.344 e. The van der Waals surface area contributed by atoms with Crippen molar-refractivity contribution in [2.24, 2.45) is 0 Å². The van der Waals surface area contributed by atoms with Crippen molar-refractivity contribution in [3.63, 3.8) is 0 Å². The highest BCUT2D eigenvalue weighted by atomic mass is 79.9. The van der Waals surface area contributed by atoms with Gasteiger partial charge in [-0.1, -0.05) is 11.8 Å². The quantitative estimate of drug-likeness (QED) is 0.876. The first-order valence-corrected chi connectivity index (χ1v) is 7.25. The van der Waals surface area contributed by atoms with Crippen LogP contribution in [0.5, 0.6) is 0 Å². The average molecular weight is 329 g/mol. The second-order valence-electron chi connectivity index (χ2n) is 4.08. The van der Waals surface area contributed by atoms with Gasteiger partial charge in [0.05, 0.1) is 0 Å². The normalized spacial score (nSPS) is 11.1. The molecule has 0 aliphatic carbocycles. The SMILES string of the molecule is CC(C)n1c(SCc2cncc(Br)c2)n[nH]c1=O. The van der Waals surface area contributed by atoms with E-state index >= 15 is 0 Å². The molecule has 0 aromatic carbocycles. The fraction of sp³-hybridized carbons (Fsp3) is 0.364. The molecule has 0 radical (unpaired) electrons. The molecule has 0 bridgehead atoms. The molecule has 0 saturated carbocycles. The van der Waals surface area contributed by atoms with Gasteiger partial charge in [0.2, 0.25) is 0 Å². The fourth-order valence-corrected chi connectivity index (χ4v) is 2.94. The zero-order valence-electron chi connectivity index (χ0n) is 10.1. The Morgan fingerprint density at radius 1 is 1.50 bits per heavy atom. The van der Waals surface area contributed by atoms with Gasteiger partial charge in [0.25, 0.3) is 0 Å². The summed E-state index contributed by atoms with van der Waals surface area (Å²) >= 11 is 4.90. The molecule has 0 aliphatic rings. The summed E-state index contributed by atoms with van der Waals surface area (Å²) in [5, 5.41) is 7.21. The number of rotatable bonds is 4. The molecule has 0 spiro atoms. The fourth-order valence-electron chi connectivity index (χ4n) is 1.53. The molecular weight excluding hydrogens is 316 g/mol. The van der Waals surface area contributed by atoms with E-state index in [1.165, 1.54) is 11.8 Å². The molecule has 7 heteroatoms. The molecule has 0 aliphatic heterocycles. The smallest absolute Gasteiger partial charge is 0.268 e. The van der Waals surface area contributed by atoms with Gasteiger partial charge in [-0.3, -0.25) is 9.55 Å². The van der Waals surface area contributed by atoms with Crippen LogP contribution in [0.25, 0.3) is 0 Å². The predicted molar refractivity (Wildman–Crippen MR) is 74.7 cm³/mol. The summed E-state index contributed by atoms with van der Waals surface area (Å²) in [4.78, 5) is 15.7. The highest BCUT2D eigenvalue weighted by molar-refractivity contribution is 9.10. The van der Waals surface area contributed by atoms with Crippen LogP contribution >= 0.6 is 27.7 Å². The maximum absolute atomic E-state index is 11.6. The lowest BCUT2D eigenvalue weighted by atomic mass is 10.3. The van der Waals surface area contributed by atoms with E-state index in [2.05, 4.69) is 31.1 Å². The van der Waals surface area contributed by atoms with Gasteiger partial charge in [0, 0.05) is 28.7 Å². The number of hydrogen-bond acceptors (Lipinski definition) is 4. The lowest BCUT2D eigenvalue weighted by Gasteiger charge is -2.08. The number of halogens is 1. The summed E-state index contributed by atoms with van der Waals surface area (Å²) in [6.45, 7) is 3.92. The summed E-state index contributed by atoms with van der Waals surface area (Å²) in [6, 6.07) is 2.10. The lowest BCUT2D eigenvalue weighted by Crippen LogP contribution is -2.19. The van der Waals surface area contributed by atoms with Crippen molar-refractivity contribution < 1.29 is 0 Å². The third-order valence-corrected chi connectivity index (χ3v) is 3.78. The van der Waals surface area contributed by atoms with Crippen LogP contribution in [-0.2, 0) is 5.75 Å². The van der Waals surface area contributed by atoms with Crippen molar-refractivity contribution in [1.29, 1.82) is 0 Å². The van der Waals surface area contributed by atoms with Gasteiger partial charge in [-0.25, -0.2) is 9.89 Å². The number of H-pyrrole nitrogens is 1. The van der Waals surface area contributed by atoms with E-state index in [-0.39, 0.29) is 11.7 Å². The Bertz CT molecular complexity index is 593. The Hall–Kier alpha value is -1.08. The van der Waals surface area contributed by atoms with Crippen molar-refractivity contribution in [2.45, 2.75) is 30.8 Å². The molecule has 1 N–H and O–H groups in total. The van der Waals surface area contributed by atoms with Crippen molar-refractivity contribution in [3.05, 3.63) is 39.0 Å². The van der Waals surface area contributed by atoms with Crippen LogP contribution < -0.4 is 5.69 Å². The highest BCUT2D eigenvalue weighted by Crippen LogP contribution is 2.22. The van der Waals surface area contributed by atoms with E-state index in [0.29, 0.717) is 5.16 Å². The van der Waals surface area contributed by atoms with Crippen LogP contribution in [0.2, 0.25) is 0 Å². The van der Waals surface area contributed by atoms with Crippen LogP contribution in [0.15, 0.2) is 32.9 Å². The van der Waals surface area contributed by atoms with Crippen LogP contribution in [0.4, 0.5) is 0 Å². The summed E-state index contributed by atoms with van der Waals surface area (Å²) in [7, 11) is 0. The molecule has 0 fully saturated rings. The van der Waals surface area contributed by atoms with E-state index in [1.807, 2.05) is 26.1 Å². The number of thioether (sulfide) groups is 1. The van der Waals surface area contributed by atoms with Gasteiger partial charge in [0.1, 0.15) is 0 Å². The first-order chi connectivity index (χ1) is 8.58. The Kier molecular flexibility index (Phi) is 4.23. The second kappa shape index (κ2) is 5.71. The molecule has 0 atom stereocenters. The Balaban J connectivity index is 2.14. The lowest BCUT2D eigenvalue weighted by molar-refractivity contribution is 0.534. The number of nitrogens with zero attached hydrogens (tertiary/aromatic N) is 3. The molecule has 2 aromatic rings. The average Bonchev–Trinajstić information content (AvgIpc) is 2.68. The number of aromatic amines is 1. The number of aromatic nitrogens is 4. The Labute approximate surface area is 117 Å². The van der Waals surface area contributed by atoms with Gasteiger partial charge in [-0.2, -0.15) is 0 Å². The second-order valence-corrected chi connectivity index (χ2v) is 5.93. The topological polar surface area (TPSA) is 63.6 Å². The van der Waals surface area contributed by atoms with Crippen LogP contribution in [-0.4, -0.2) is 19.7 Å². The third kappa shape index (κ3) is 3.02. The summed E-state index contributed by atoms with van der Waals surface area (Å²) in [5.41, 5.74) is 0.917. The molecule has 2 heterocycles. The molecule has 0 unspecified atom stereocenters. The zero-order valence-corrected chi connectivity index (χ0v) is 12.5. The summed E-state index contributed by atoms with van der Waals surface area (Å²) < 4.78 is 2.60. The molecule has 18 heavy (non-hydrogen) atoms. The third-order valence-electron chi connectivity index (χ3n) is 2.32. The van der Waals surface area contributed by atoms with E-state index in [1.54, 1.807) is 10.8 Å². The first-order valence-electron chi connectivity index (χ1n) is 5.47. The van der Waals surface area contributed by atoms with E-state index in [4.69, 9.17) is 0 Å². The predicted octanol–water partition coefficient (Wildman–Crippen LogP) is 2.60. The number of nitrogens with one attached hydrogen (secondary N) is 1. The number of pyridine rings is 1. The molecule has 0 amide bonds. The van der Waals surface area contributed by atoms with Crippen LogP contribution in [0, 0.1) is 0 Å². The maximum Gasteiger partial charge on any atom is 0.344 e. The van der Waals surface area contributed by atoms with Crippen LogP contribution in [0.1, 0.15) is 25.5 Å². The van der Waals surface area contributed by atoms with Crippen molar-refractivity contribution in [2.75, 3.05) is 0 Å². The van der Waals surface area contributed by atoms with Crippen molar-refractivity contribution in [3.8, 4) is 0 Å². The van der Waals surface area contributed by atoms with Gasteiger partial charge >= 0.3 is 5.69 Å². The minimum atomic E-state index is -0.167. The molecule has 0 saturated heterocycles. The minimum absolute atomic E-state index is 0.0967. The molecule has 5 nitrogen and oxygen atoms in total. The summed E-state index contributed by atoms with van der Waals surface area (Å²) in [6.07, 6.45) is 3.55. The minimum Gasteiger partial charge on any atom is -0.268 e. The molecule has 2 rings (SSSR count). The maximum atomic E-state index is 11.6. The van der Waals surface area contributed by atoms with Gasteiger partial charge in [-0.15, -0.1) is 5.10 Å². The summed E-state index contributed by atoms with van der Waals surface area (Å²) in [5.74, 6) is 0.726. The molecular formula is C11H13BrN4OS. The van der Waals surface area contributed by atoms with E-state index in [9.17, 15) is 4.79 Å². The molecule has 2 aromatic heterocycles. The molecule has 96 valence electrons. The monoisotopic (exact) mass is 328 g/mol. The zero-order chi connectivity index (χ0) is 13.1. The van der Waals surface area contributed by atoms with Crippen molar-refractivity contribution >= 4 is 27.7 Å². The van der Waals surface area contributed by atoms with Crippen molar-refractivity contribution in [1.82, 2.24) is 19.7 Å². The van der Waals surface area contributed by atoms with E-state index < -0.39 is 0 Å². The van der Waals surface area contributed by atoms with Gasteiger partial charge in [-0.05, 0) is 41.4 Å². The standard InChI is InChI=1S/C11H13BrN4OS/c1-7(2)16-10(17)14-15-11(16)18-6-8-3-9(12)5-13-4-8/h3-5,7H,6H2,1-2H3,(H,14,17). The number of hydrogen-bond donors (Lipinski definition) is 1. The van der Waals surface area contributed by atoms with Gasteiger partial charge < -0.3 is 0 Å². The Morgan fingerprint density at radius 3 is 2.94 bits per heavy atom.